The maximum absolute atomic E-state index is 12.8. The highest BCUT2D eigenvalue weighted by Gasteiger charge is 2.42. The number of ether oxygens (including phenoxy) is 1. The fraction of sp³-hybridized carbons (Fsp3) is 0.273. The van der Waals surface area contributed by atoms with E-state index in [4.69, 9.17) is 9.26 Å². The van der Waals surface area contributed by atoms with E-state index in [1.54, 1.807) is 12.3 Å². The van der Waals surface area contributed by atoms with Gasteiger partial charge in [-0.05, 0) is 37.1 Å². The Morgan fingerprint density at radius 2 is 2.13 bits per heavy atom. The highest BCUT2D eigenvalue weighted by molar-refractivity contribution is 5.98. The van der Waals surface area contributed by atoms with E-state index in [0.29, 0.717) is 24.1 Å². The van der Waals surface area contributed by atoms with Crippen LogP contribution < -0.4 is 15.4 Å². The highest BCUT2D eigenvalue weighted by Crippen LogP contribution is 2.47. The van der Waals surface area contributed by atoms with Gasteiger partial charge in [-0.25, -0.2) is 14.8 Å². The summed E-state index contributed by atoms with van der Waals surface area (Å²) in [4.78, 5) is 21.3. The maximum Gasteiger partial charge on any atom is 0.332 e. The standard InChI is InChI=1S/C22H20N6O3/c1-22(5-6-22)18-9-19(31-27-18)26-21(29)28-7-4-13-8-14(2-3-17(13)28)30-20-15-10-23-11-16(15)24-12-25-20/h2-4,7-9,12,23H,5-6,10-11H2,1H3,(H,26,29). The largest absolute Gasteiger partial charge is 0.439 e. The first-order valence-corrected chi connectivity index (χ1v) is 10.2. The second-order valence-electron chi connectivity index (χ2n) is 8.28. The minimum atomic E-state index is -0.313. The summed E-state index contributed by atoms with van der Waals surface area (Å²) in [7, 11) is 0. The zero-order valence-electron chi connectivity index (χ0n) is 16.9. The first-order valence-electron chi connectivity index (χ1n) is 10.2. The van der Waals surface area contributed by atoms with E-state index in [1.165, 1.54) is 10.9 Å². The molecule has 156 valence electrons. The Kier molecular flexibility index (Phi) is 3.87. The van der Waals surface area contributed by atoms with Gasteiger partial charge in [0.15, 0.2) is 0 Å². The number of amides is 1. The van der Waals surface area contributed by atoms with Crippen molar-refractivity contribution in [2.45, 2.75) is 38.3 Å². The molecule has 1 aliphatic heterocycles. The van der Waals surface area contributed by atoms with Gasteiger partial charge in [0.05, 0.1) is 22.5 Å². The van der Waals surface area contributed by atoms with Crippen molar-refractivity contribution in [3.05, 3.63) is 59.8 Å². The van der Waals surface area contributed by atoms with E-state index >= 15 is 0 Å². The quantitative estimate of drug-likeness (QED) is 0.519. The molecule has 0 bridgehead atoms. The smallest absolute Gasteiger partial charge is 0.332 e. The maximum atomic E-state index is 12.8. The van der Waals surface area contributed by atoms with Crippen molar-refractivity contribution in [3.8, 4) is 11.6 Å². The fourth-order valence-electron chi connectivity index (χ4n) is 3.85. The Labute approximate surface area is 177 Å². The number of hydrogen-bond acceptors (Lipinski definition) is 7. The van der Waals surface area contributed by atoms with Gasteiger partial charge in [0.2, 0.25) is 11.8 Å². The van der Waals surface area contributed by atoms with Crippen LogP contribution in [-0.4, -0.2) is 25.7 Å². The number of nitrogens with zero attached hydrogens (tertiary/aromatic N) is 4. The van der Waals surface area contributed by atoms with Gasteiger partial charge in [-0.15, -0.1) is 0 Å². The molecule has 1 amide bonds. The van der Waals surface area contributed by atoms with Crippen LogP contribution in [0.3, 0.4) is 0 Å². The molecular formula is C22H20N6O3. The molecular weight excluding hydrogens is 396 g/mol. The van der Waals surface area contributed by atoms with Gasteiger partial charge in [-0.1, -0.05) is 12.1 Å². The monoisotopic (exact) mass is 416 g/mol. The van der Waals surface area contributed by atoms with Gasteiger partial charge in [-0.2, -0.15) is 0 Å². The summed E-state index contributed by atoms with van der Waals surface area (Å²) in [6.07, 6.45) is 5.41. The molecule has 0 saturated heterocycles. The molecule has 0 atom stereocenters. The lowest BCUT2D eigenvalue weighted by Gasteiger charge is -2.09. The zero-order valence-corrected chi connectivity index (χ0v) is 16.9. The van der Waals surface area contributed by atoms with Crippen molar-refractivity contribution in [1.82, 2.24) is 25.0 Å². The van der Waals surface area contributed by atoms with E-state index in [-0.39, 0.29) is 11.4 Å². The normalized spacial score (nSPS) is 16.3. The van der Waals surface area contributed by atoms with Crippen LogP contribution in [0.15, 0.2) is 47.4 Å². The molecule has 0 radical (unpaired) electrons. The summed E-state index contributed by atoms with van der Waals surface area (Å²) in [6, 6.07) is 8.91. The molecule has 1 aliphatic carbocycles. The Balaban J connectivity index is 1.23. The molecule has 1 fully saturated rings. The average molecular weight is 416 g/mol. The fourth-order valence-corrected chi connectivity index (χ4v) is 3.85. The van der Waals surface area contributed by atoms with Crippen LogP contribution >= 0.6 is 0 Å². The average Bonchev–Trinajstić information content (AvgIpc) is 3.18. The molecule has 9 nitrogen and oxygen atoms in total. The van der Waals surface area contributed by atoms with Gasteiger partial charge in [-0.3, -0.25) is 9.88 Å². The second kappa shape index (κ2) is 6.64. The van der Waals surface area contributed by atoms with Crippen LogP contribution in [0.25, 0.3) is 10.9 Å². The number of anilines is 1. The molecule has 6 rings (SSSR count). The van der Waals surface area contributed by atoms with E-state index in [1.807, 2.05) is 24.3 Å². The summed E-state index contributed by atoms with van der Waals surface area (Å²) >= 11 is 0. The molecule has 9 heteroatoms. The number of aromatic nitrogens is 4. The van der Waals surface area contributed by atoms with Crippen molar-refractivity contribution in [3.63, 3.8) is 0 Å². The first-order chi connectivity index (χ1) is 15.1. The van der Waals surface area contributed by atoms with Crippen LogP contribution in [0.4, 0.5) is 10.7 Å². The summed E-state index contributed by atoms with van der Waals surface area (Å²) in [5.74, 6) is 1.55. The summed E-state index contributed by atoms with van der Waals surface area (Å²) < 4.78 is 12.8. The van der Waals surface area contributed by atoms with Gasteiger partial charge in [0, 0.05) is 36.2 Å². The molecule has 0 spiro atoms. The summed E-state index contributed by atoms with van der Waals surface area (Å²) in [5.41, 5.74) is 3.66. The lowest BCUT2D eigenvalue weighted by molar-refractivity contribution is 0.253. The predicted octanol–water partition coefficient (Wildman–Crippen LogP) is 3.95. The number of carbonyl (C=O) groups excluding carboxylic acids is 1. The topological polar surface area (TPSA) is 107 Å². The number of rotatable bonds is 4. The van der Waals surface area contributed by atoms with Crippen molar-refractivity contribution < 1.29 is 14.1 Å². The van der Waals surface area contributed by atoms with Crippen LogP contribution in [0.2, 0.25) is 0 Å². The lowest BCUT2D eigenvalue weighted by atomic mass is 10.1. The summed E-state index contributed by atoms with van der Waals surface area (Å²) in [5, 5.41) is 11.0. The Hall–Kier alpha value is -3.72. The van der Waals surface area contributed by atoms with E-state index < -0.39 is 0 Å². The minimum absolute atomic E-state index is 0.0862. The molecule has 1 aromatic carbocycles. The molecule has 3 aromatic heterocycles. The molecule has 2 N–H and O–H groups in total. The third-order valence-electron chi connectivity index (χ3n) is 6.04. The molecule has 2 aliphatic rings. The number of fused-ring (bicyclic) bond motifs is 2. The molecule has 4 aromatic rings. The highest BCUT2D eigenvalue weighted by atomic mass is 16.5. The van der Waals surface area contributed by atoms with Gasteiger partial charge >= 0.3 is 6.03 Å². The molecule has 4 heterocycles. The van der Waals surface area contributed by atoms with E-state index in [2.05, 4.69) is 32.7 Å². The van der Waals surface area contributed by atoms with Crippen LogP contribution in [0.5, 0.6) is 11.6 Å². The lowest BCUT2D eigenvalue weighted by Crippen LogP contribution is -2.18. The van der Waals surface area contributed by atoms with Crippen molar-refractivity contribution in [2.24, 2.45) is 0 Å². The third-order valence-corrected chi connectivity index (χ3v) is 6.04. The molecule has 31 heavy (non-hydrogen) atoms. The SMILES string of the molecule is CC1(c2cc(NC(=O)n3ccc4cc(Oc5ncnc6c5CNC6)ccc43)on2)CC1. The van der Waals surface area contributed by atoms with Gasteiger partial charge in [0.1, 0.15) is 12.1 Å². The number of benzene rings is 1. The van der Waals surface area contributed by atoms with E-state index in [9.17, 15) is 4.79 Å². The Morgan fingerprint density at radius 1 is 1.23 bits per heavy atom. The van der Waals surface area contributed by atoms with Crippen LogP contribution in [-0.2, 0) is 18.5 Å². The zero-order chi connectivity index (χ0) is 21.0. The van der Waals surface area contributed by atoms with E-state index in [0.717, 1.165) is 47.2 Å². The Bertz CT molecular complexity index is 1320. The van der Waals surface area contributed by atoms with Crippen molar-refractivity contribution >= 4 is 22.8 Å². The predicted molar refractivity (Wildman–Crippen MR) is 112 cm³/mol. The number of nitrogens with one attached hydrogen (secondary N) is 2. The van der Waals surface area contributed by atoms with Crippen LogP contribution in [0, 0.1) is 0 Å². The third kappa shape index (κ3) is 3.14. The minimum Gasteiger partial charge on any atom is -0.439 e. The van der Waals surface area contributed by atoms with Crippen LogP contribution in [0.1, 0.15) is 36.7 Å². The van der Waals surface area contributed by atoms with Gasteiger partial charge in [0.25, 0.3) is 0 Å². The number of carbonyl (C=O) groups is 1. The second-order valence-corrected chi connectivity index (χ2v) is 8.28. The van der Waals surface area contributed by atoms with Gasteiger partial charge < -0.3 is 14.6 Å². The first kappa shape index (κ1) is 18.1. The van der Waals surface area contributed by atoms with Crippen molar-refractivity contribution in [1.29, 1.82) is 0 Å². The van der Waals surface area contributed by atoms with Crippen molar-refractivity contribution in [2.75, 3.05) is 5.32 Å². The molecule has 1 saturated carbocycles. The number of hydrogen-bond donors (Lipinski definition) is 2. The summed E-state index contributed by atoms with van der Waals surface area (Å²) in [6.45, 7) is 3.55. The molecule has 0 unspecified atom stereocenters. The Morgan fingerprint density at radius 3 is 3.00 bits per heavy atom.